The number of nitrogens with zero attached hydrogens (tertiary/aromatic N) is 3. The first-order chi connectivity index (χ1) is 11.1. The summed E-state index contributed by atoms with van der Waals surface area (Å²) in [6.45, 7) is 5.51. The molecule has 8 heteroatoms. The summed E-state index contributed by atoms with van der Waals surface area (Å²) in [6, 6.07) is 6.72. The van der Waals surface area contributed by atoms with E-state index in [0.717, 1.165) is 38.7 Å². The van der Waals surface area contributed by atoms with Gasteiger partial charge in [0.05, 0.1) is 23.6 Å². The number of nitro benzene ring substituents is 1. The Bertz CT molecular complexity index is 562. The Balaban J connectivity index is 0.00000288. The minimum absolute atomic E-state index is 0. The van der Waals surface area contributed by atoms with Gasteiger partial charge in [0.1, 0.15) is 0 Å². The predicted octanol–water partition coefficient (Wildman–Crippen LogP) is 2.65. The molecule has 1 aromatic rings. The van der Waals surface area contributed by atoms with Gasteiger partial charge in [-0.1, -0.05) is 18.2 Å². The van der Waals surface area contributed by atoms with E-state index in [2.05, 4.69) is 15.2 Å². The number of guanidine groups is 1. The van der Waals surface area contributed by atoms with Crippen molar-refractivity contribution in [3.63, 3.8) is 0 Å². The van der Waals surface area contributed by atoms with Gasteiger partial charge in [-0.25, -0.2) is 4.99 Å². The van der Waals surface area contributed by atoms with E-state index >= 15 is 0 Å². The Labute approximate surface area is 159 Å². The number of hydrogen-bond donors (Lipinski definition) is 1. The van der Waals surface area contributed by atoms with E-state index in [9.17, 15) is 10.1 Å². The lowest BCUT2D eigenvalue weighted by atomic mass is 10.1. The number of ether oxygens (including phenoxy) is 1. The smallest absolute Gasteiger partial charge is 0.274 e. The van der Waals surface area contributed by atoms with Crippen molar-refractivity contribution in [2.75, 3.05) is 33.4 Å². The maximum Gasteiger partial charge on any atom is 0.274 e. The summed E-state index contributed by atoms with van der Waals surface area (Å²) in [5.41, 5.74) is 0.726. The Morgan fingerprint density at radius 2 is 2.25 bits per heavy atom. The van der Waals surface area contributed by atoms with Crippen LogP contribution in [0.15, 0.2) is 29.3 Å². The van der Waals surface area contributed by atoms with E-state index in [4.69, 9.17) is 4.74 Å². The van der Waals surface area contributed by atoms with Crippen molar-refractivity contribution in [3.05, 3.63) is 39.9 Å². The second-order valence-corrected chi connectivity index (χ2v) is 5.67. The SMILES string of the molecule is CCNC(=NCc1ccccc1[N+](=O)[O-])N(C)CC1CCOC1.I. The van der Waals surface area contributed by atoms with Crippen molar-refractivity contribution < 1.29 is 9.66 Å². The summed E-state index contributed by atoms with van der Waals surface area (Å²) in [7, 11) is 1.99. The van der Waals surface area contributed by atoms with E-state index < -0.39 is 0 Å². The van der Waals surface area contributed by atoms with Gasteiger partial charge in [-0.05, 0) is 13.3 Å². The third kappa shape index (κ3) is 5.90. The molecule has 1 fully saturated rings. The van der Waals surface area contributed by atoms with Gasteiger partial charge in [0.25, 0.3) is 5.69 Å². The summed E-state index contributed by atoms with van der Waals surface area (Å²) < 4.78 is 5.41. The molecule has 1 aliphatic rings. The van der Waals surface area contributed by atoms with E-state index in [1.807, 2.05) is 14.0 Å². The number of rotatable bonds is 6. The first-order valence-electron chi connectivity index (χ1n) is 7.91. The maximum absolute atomic E-state index is 11.1. The van der Waals surface area contributed by atoms with Gasteiger partial charge in [-0.2, -0.15) is 0 Å². The highest BCUT2D eigenvalue weighted by molar-refractivity contribution is 14.0. The van der Waals surface area contributed by atoms with Gasteiger partial charge in [0.15, 0.2) is 5.96 Å². The van der Waals surface area contributed by atoms with Gasteiger partial charge < -0.3 is 15.0 Å². The van der Waals surface area contributed by atoms with Crippen LogP contribution in [0.4, 0.5) is 5.69 Å². The van der Waals surface area contributed by atoms with Crippen LogP contribution < -0.4 is 5.32 Å². The molecule has 1 aromatic carbocycles. The molecule has 0 radical (unpaired) electrons. The average Bonchev–Trinajstić information content (AvgIpc) is 3.04. The number of nitro groups is 1. The largest absolute Gasteiger partial charge is 0.381 e. The molecular weight excluding hydrogens is 423 g/mol. The van der Waals surface area contributed by atoms with Crippen molar-refractivity contribution in [1.82, 2.24) is 10.2 Å². The monoisotopic (exact) mass is 448 g/mol. The maximum atomic E-state index is 11.1. The highest BCUT2D eigenvalue weighted by Gasteiger charge is 2.19. The van der Waals surface area contributed by atoms with Crippen LogP contribution >= 0.6 is 24.0 Å². The molecule has 1 atom stereocenters. The van der Waals surface area contributed by atoms with Crippen LogP contribution in [0, 0.1) is 16.0 Å². The summed E-state index contributed by atoms with van der Waals surface area (Å²) in [4.78, 5) is 17.3. The number of benzene rings is 1. The summed E-state index contributed by atoms with van der Waals surface area (Å²) in [6.07, 6.45) is 1.06. The fourth-order valence-corrected chi connectivity index (χ4v) is 2.65. The van der Waals surface area contributed by atoms with E-state index in [-0.39, 0.29) is 41.1 Å². The molecule has 0 amide bonds. The summed E-state index contributed by atoms with van der Waals surface area (Å²) >= 11 is 0. The molecule has 1 aliphatic heterocycles. The fraction of sp³-hybridized carbons (Fsp3) is 0.562. The zero-order valence-corrected chi connectivity index (χ0v) is 16.4. The topological polar surface area (TPSA) is 80.0 Å². The number of nitrogens with one attached hydrogen (secondary N) is 1. The van der Waals surface area contributed by atoms with Gasteiger partial charge in [0.2, 0.25) is 0 Å². The highest BCUT2D eigenvalue weighted by atomic mass is 127. The second-order valence-electron chi connectivity index (χ2n) is 5.67. The Morgan fingerprint density at radius 3 is 2.88 bits per heavy atom. The van der Waals surface area contributed by atoms with Crippen molar-refractivity contribution in [1.29, 1.82) is 0 Å². The van der Waals surface area contributed by atoms with Crippen LogP contribution in [-0.2, 0) is 11.3 Å². The number of halogens is 1. The zero-order valence-electron chi connectivity index (χ0n) is 14.1. The van der Waals surface area contributed by atoms with Crippen molar-refractivity contribution in [2.45, 2.75) is 19.9 Å². The van der Waals surface area contributed by atoms with Gasteiger partial charge in [-0.15, -0.1) is 24.0 Å². The number of hydrogen-bond acceptors (Lipinski definition) is 4. The van der Waals surface area contributed by atoms with Crippen LogP contribution in [0.5, 0.6) is 0 Å². The Morgan fingerprint density at radius 1 is 1.50 bits per heavy atom. The molecule has 0 bridgehead atoms. The summed E-state index contributed by atoms with van der Waals surface area (Å²) in [5, 5.41) is 14.3. The zero-order chi connectivity index (χ0) is 16.7. The van der Waals surface area contributed by atoms with Crippen LogP contribution in [0.1, 0.15) is 18.9 Å². The lowest BCUT2D eigenvalue weighted by Crippen LogP contribution is -2.41. The fourth-order valence-electron chi connectivity index (χ4n) is 2.65. The van der Waals surface area contributed by atoms with E-state index in [0.29, 0.717) is 11.5 Å². The molecule has 0 aromatic heterocycles. The molecule has 1 N–H and O–H groups in total. The third-order valence-electron chi connectivity index (χ3n) is 3.84. The first-order valence-corrected chi connectivity index (χ1v) is 7.91. The molecule has 1 heterocycles. The molecule has 0 aliphatic carbocycles. The molecule has 0 spiro atoms. The molecule has 1 saturated heterocycles. The van der Waals surface area contributed by atoms with Gasteiger partial charge in [0, 0.05) is 38.7 Å². The lowest BCUT2D eigenvalue weighted by Gasteiger charge is -2.24. The minimum Gasteiger partial charge on any atom is -0.381 e. The van der Waals surface area contributed by atoms with Crippen molar-refractivity contribution in [2.24, 2.45) is 10.9 Å². The molecular formula is C16H25IN4O3. The molecule has 7 nitrogen and oxygen atoms in total. The summed E-state index contributed by atoms with van der Waals surface area (Å²) in [5.74, 6) is 1.27. The Hall–Kier alpha value is -1.42. The molecule has 1 unspecified atom stereocenters. The highest BCUT2D eigenvalue weighted by Crippen LogP contribution is 2.18. The van der Waals surface area contributed by atoms with E-state index in [1.165, 1.54) is 6.07 Å². The predicted molar refractivity (Wildman–Crippen MR) is 105 cm³/mol. The van der Waals surface area contributed by atoms with Crippen molar-refractivity contribution >= 4 is 35.6 Å². The van der Waals surface area contributed by atoms with Crippen LogP contribution in [0.3, 0.4) is 0 Å². The molecule has 2 rings (SSSR count). The van der Waals surface area contributed by atoms with E-state index in [1.54, 1.807) is 18.2 Å². The lowest BCUT2D eigenvalue weighted by molar-refractivity contribution is -0.385. The van der Waals surface area contributed by atoms with Crippen molar-refractivity contribution in [3.8, 4) is 0 Å². The normalized spacial score (nSPS) is 17.2. The standard InChI is InChI=1S/C16H24N4O3.HI/c1-3-17-16(19(2)11-13-8-9-23-12-13)18-10-14-6-4-5-7-15(14)20(21)22;/h4-7,13H,3,8-12H2,1-2H3,(H,17,18);1H. The van der Waals surface area contributed by atoms with Crippen LogP contribution in [0.25, 0.3) is 0 Å². The van der Waals surface area contributed by atoms with Gasteiger partial charge in [-0.3, -0.25) is 10.1 Å². The van der Waals surface area contributed by atoms with Crippen LogP contribution in [0.2, 0.25) is 0 Å². The molecule has 134 valence electrons. The third-order valence-corrected chi connectivity index (χ3v) is 3.84. The van der Waals surface area contributed by atoms with Gasteiger partial charge >= 0.3 is 0 Å². The first kappa shape index (κ1) is 20.6. The number of aliphatic imine (C=N–C) groups is 1. The second kappa shape index (κ2) is 10.4. The average molecular weight is 448 g/mol. The molecule has 0 saturated carbocycles. The molecule has 24 heavy (non-hydrogen) atoms. The van der Waals surface area contributed by atoms with Crippen LogP contribution in [-0.4, -0.2) is 49.1 Å². The quantitative estimate of drug-likeness (QED) is 0.238. The minimum atomic E-state index is -0.364. The Kier molecular flexibility index (Phi) is 8.98. The number of para-hydroxylation sites is 1.